The second-order valence-corrected chi connectivity index (χ2v) is 13.9. The Bertz CT molecular complexity index is 690. The zero-order valence-electron chi connectivity index (χ0n) is 18.1. The average molecular weight is 367 g/mol. The molecule has 0 spiro atoms. The monoisotopic (exact) mass is 366 g/mol. The minimum atomic E-state index is -1.54. The fourth-order valence-corrected chi connectivity index (χ4v) is 11.7. The van der Waals surface area contributed by atoms with Crippen molar-refractivity contribution in [2.24, 2.45) is 11.8 Å². The summed E-state index contributed by atoms with van der Waals surface area (Å²) in [7, 11) is -1.54. The molecule has 0 N–H and O–H groups in total. The Hall–Kier alpha value is -1.08. The molecule has 0 aromatic heterocycles. The van der Waals surface area contributed by atoms with Crippen molar-refractivity contribution in [2.75, 3.05) is 0 Å². The molecule has 142 valence electrons. The van der Waals surface area contributed by atoms with Crippen LogP contribution in [-0.4, -0.2) is 8.07 Å². The largest absolute Gasteiger partial charge is 0.0874 e. The maximum atomic E-state index is 2.74. The highest BCUT2D eigenvalue weighted by Crippen LogP contribution is 2.49. The molecule has 0 radical (unpaired) electrons. The quantitative estimate of drug-likeness (QED) is 0.501. The molecule has 1 aromatic carbocycles. The van der Waals surface area contributed by atoms with Crippen LogP contribution in [0.2, 0.25) is 18.1 Å². The molecule has 0 saturated heterocycles. The standard InChI is InChI=1S/C25H38Si/c1-8-9-14-26(7,24-15-22-12-10-11-13-23(22)16-24)25-20(5)18(3)17(2)19(4)21(25)6/h10-13,22-24H,8-9,14-16H2,1-7H3. The summed E-state index contributed by atoms with van der Waals surface area (Å²) >= 11 is 0. The molecular weight excluding hydrogens is 328 g/mol. The van der Waals surface area contributed by atoms with E-state index in [0.29, 0.717) is 0 Å². The maximum absolute atomic E-state index is 2.74. The van der Waals surface area contributed by atoms with Gasteiger partial charge in [0, 0.05) is 0 Å². The lowest BCUT2D eigenvalue weighted by Crippen LogP contribution is -2.51. The number of fused-ring (bicyclic) bond motifs is 1. The van der Waals surface area contributed by atoms with Gasteiger partial charge in [-0.1, -0.05) is 61.8 Å². The molecule has 0 aliphatic heterocycles. The van der Waals surface area contributed by atoms with Crippen LogP contribution < -0.4 is 5.19 Å². The highest BCUT2D eigenvalue weighted by molar-refractivity contribution is 6.92. The van der Waals surface area contributed by atoms with Gasteiger partial charge in [-0.05, 0) is 92.7 Å². The van der Waals surface area contributed by atoms with Gasteiger partial charge in [-0.2, -0.15) is 0 Å². The van der Waals surface area contributed by atoms with E-state index in [4.69, 9.17) is 0 Å². The number of allylic oxidation sites excluding steroid dienone is 4. The highest BCUT2D eigenvalue weighted by Gasteiger charge is 2.46. The van der Waals surface area contributed by atoms with Gasteiger partial charge in [-0.3, -0.25) is 0 Å². The Morgan fingerprint density at radius 3 is 1.73 bits per heavy atom. The smallest absolute Gasteiger partial charge is 0.0808 e. The summed E-state index contributed by atoms with van der Waals surface area (Å²) in [6.45, 7) is 17.0. The van der Waals surface area contributed by atoms with E-state index in [-0.39, 0.29) is 0 Å². The lowest BCUT2D eigenvalue weighted by atomic mass is 9.92. The van der Waals surface area contributed by atoms with Gasteiger partial charge in [-0.15, -0.1) is 0 Å². The second-order valence-electron chi connectivity index (χ2n) is 9.29. The predicted molar refractivity (Wildman–Crippen MR) is 119 cm³/mol. The lowest BCUT2D eigenvalue weighted by Gasteiger charge is -2.38. The Kier molecular flexibility index (Phi) is 5.68. The zero-order chi connectivity index (χ0) is 19.1. The van der Waals surface area contributed by atoms with Crippen molar-refractivity contribution < 1.29 is 0 Å². The van der Waals surface area contributed by atoms with E-state index in [1.54, 1.807) is 22.3 Å². The average Bonchev–Trinajstić information content (AvgIpc) is 3.08. The molecule has 0 heterocycles. The van der Waals surface area contributed by atoms with Gasteiger partial charge in [0.15, 0.2) is 0 Å². The van der Waals surface area contributed by atoms with Crippen LogP contribution in [0.25, 0.3) is 0 Å². The Balaban J connectivity index is 2.09. The molecule has 0 bridgehead atoms. The summed E-state index contributed by atoms with van der Waals surface area (Å²) in [5, 5.41) is 1.82. The zero-order valence-corrected chi connectivity index (χ0v) is 19.1. The van der Waals surface area contributed by atoms with Crippen molar-refractivity contribution >= 4 is 13.3 Å². The van der Waals surface area contributed by atoms with E-state index in [9.17, 15) is 0 Å². The minimum absolute atomic E-state index is 0.798. The summed E-state index contributed by atoms with van der Waals surface area (Å²) < 4.78 is 0. The normalized spacial score (nSPS) is 26.8. The summed E-state index contributed by atoms with van der Waals surface area (Å²) in [6, 6.07) is 1.46. The molecule has 1 aromatic rings. The lowest BCUT2D eigenvalue weighted by molar-refractivity contribution is 0.552. The molecule has 1 saturated carbocycles. The van der Waals surface area contributed by atoms with Crippen LogP contribution in [0, 0.1) is 46.5 Å². The molecule has 0 nitrogen and oxygen atoms in total. The molecule has 2 aliphatic rings. The molecule has 1 fully saturated rings. The molecule has 26 heavy (non-hydrogen) atoms. The van der Waals surface area contributed by atoms with Gasteiger partial charge in [-0.25, -0.2) is 0 Å². The van der Waals surface area contributed by atoms with E-state index in [2.05, 4.69) is 72.4 Å². The molecule has 3 rings (SSSR count). The minimum Gasteiger partial charge on any atom is -0.0808 e. The number of benzene rings is 1. The van der Waals surface area contributed by atoms with Gasteiger partial charge in [0.05, 0.1) is 8.07 Å². The van der Waals surface area contributed by atoms with Crippen molar-refractivity contribution in [3.05, 3.63) is 52.1 Å². The Morgan fingerprint density at radius 1 is 0.808 bits per heavy atom. The molecular formula is C25H38Si. The third-order valence-corrected chi connectivity index (χ3v) is 13.6. The second kappa shape index (κ2) is 7.50. The van der Waals surface area contributed by atoms with E-state index in [1.807, 2.05) is 5.19 Å². The summed E-state index contributed by atoms with van der Waals surface area (Å²) in [5.41, 5.74) is 8.78. The van der Waals surface area contributed by atoms with Crippen LogP contribution in [0.4, 0.5) is 0 Å². The number of hydrogen-bond donors (Lipinski definition) is 0. The summed E-state index contributed by atoms with van der Waals surface area (Å²) in [5.74, 6) is 1.60. The maximum Gasteiger partial charge on any atom is 0.0874 e. The van der Waals surface area contributed by atoms with Crippen molar-refractivity contribution in [1.29, 1.82) is 0 Å². The van der Waals surface area contributed by atoms with Gasteiger partial charge >= 0.3 is 0 Å². The third-order valence-electron chi connectivity index (χ3n) is 8.01. The molecule has 2 aliphatic carbocycles. The van der Waals surface area contributed by atoms with Gasteiger partial charge in [0.2, 0.25) is 0 Å². The van der Waals surface area contributed by atoms with Crippen LogP contribution in [-0.2, 0) is 0 Å². The first-order valence-corrected chi connectivity index (χ1v) is 13.5. The van der Waals surface area contributed by atoms with E-state index in [0.717, 1.165) is 17.4 Å². The van der Waals surface area contributed by atoms with E-state index < -0.39 is 8.07 Å². The molecule has 3 unspecified atom stereocenters. The van der Waals surface area contributed by atoms with Crippen LogP contribution in [0.5, 0.6) is 0 Å². The van der Waals surface area contributed by atoms with E-state index in [1.165, 1.54) is 37.3 Å². The molecule has 3 atom stereocenters. The Morgan fingerprint density at radius 2 is 1.27 bits per heavy atom. The topological polar surface area (TPSA) is 0 Å². The van der Waals surface area contributed by atoms with Crippen LogP contribution in [0.1, 0.15) is 60.4 Å². The van der Waals surface area contributed by atoms with Gasteiger partial charge in [0.25, 0.3) is 0 Å². The highest BCUT2D eigenvalue weighted by atomic mass is 28.3. The first-order chi connectivity index (χ1) is 12.3. The van der Waals surface area contributed by atoms with E-state index >= 15 is 0 Å². The Labute approximate surface area is 162 Å². The number of unbranched alkanes of at least 4 members (excludes halogenated alkanes) is 1. The fraction of sp³-hybridized carbons (Fsp3) is 0.600. The molecule has 0 amide bonds. The van der Waals surface area contributed by atoms with Gasteiger partial charge in [0.1, 0.15) is 0 Å². The van der Waals surface area contributed by atoms with Crippen LogP contribution >= 0.6 is 0 Å². The fourth-order valence-electron chi connectivity index (χ4n) is 5.91. The third kappa shape index (κ3) is 3.17. The summed E-state index contributed by atoms with van der Waals surface area (Å²) in [4.78, 5) is 0. The van der Waals surface area contributed by atoms with Crippen molar-refractivity contribution in [3.63, 3.8) is 0 Å². The molecule has 1 heteroatoms. The first kappa shape index (κ1) is 19.7. The SMILES string of the molecule is CCCC[Si](C)(c1c(C)c(C)c(C)c(C)c1C)C1CC2C=CC=CC2C1. The van der Waals surface area contributed by atoms with Crippen molar-refractivity contribution in [2.45, 2.75) is 85.4 Å². The number of hydrogen-bond acceptors (Lipinski definition) is 0. The number of rotatable bonds is 5. The summed E-state index contributed by atoms with van der Waals surface area (Å²) in [6.07, 6.45) is 15.1. The van der Waals surface area contributed by atoms with Crippen LogP contribution in [0.15, 0.2) is 24.3 Å². The van der Waals surface area contributed by atoms with Crippen molar-refractivity contribution in [3.8, 4) is 0 Å². The van der Waals surface area contributed by atoms with Crippen molar-refractivity contribution in [1.82, 2.24) is 0 Å². The van der Waals surface area contributed by atoms with Crippen LogP contribution in [0.3, 0.4) is 0 Å². The predicted octanol–water partition coefficient (Wildman–Crippen LogP) is 6.84. The first-order valence-electron chi connectivity index (χ1n) is 10.7. The van der Waals surface area contributed by atoms with Gasteiger partial charge < -0.3 is 0 Å².